The Kier molecular flexibility index (Phi) is 6.71. The maximum Gasteiger partial charge on any atom is 0.243 e. The van der Waals surface area contributed by atoms with Crippen molar-refractivity contribution >= 4 is 21.7 Å². The molecule has 2 aliphatic rings. The minimum atomic E-state index is -3.62. The average molecular weight is 462 g/mol. The molecule has 2 aromatic rings. The van der Waals surface area contributed by atoms with Gasteiger partial charge in [0.25, 0.3) is 0 Å². The standard InChI is InChI=1S/C22H31N5O4S/c1-17-6-4-5-11-27(17)22-10-9-21(23-24-22)25-12-14-26(15-13-25)32(28,29)18-7-8-19(30-2)20(16-18)31-3/h7-10,16-17H,4-6,11-15H2,1-3H3/t17-/m0/s1. The number of aromatic nitrogens is 2. The van der Waals surface area contributed by atoms with Crippen LogP contribution in [0.1, 0.15) is 26.2 Å². The topological polar surface area (TPSA) is 88.1 Å². The molecule has 0 aliphatic carbocycles. The molecule has 1 aromatic carbocycles. The van der Waals surface area contributed by atoms with E-state index in [0.29, 0.717) is 43.7 Å². The number of hydrogen-bond acceptors (Lipinski definition) is 8. The van der Waals surface area contributed by atoms with E-state index in [9.17, 15) is 8.42 Å². The fourth-order valence-corrected chi connectivity index (χ4v) is 5.80. The zero-order valence-electron chi connectivity index (χ0n) is 18.9. The van der Waals surface area contributed by atoms with Crippen LogP contribution in [-0.4, -0.2) is 75.9 Å². The minimum Gasteiger partial charge on any atom is -0.493 e. The first kappa shape index (κ1) is 22.6. The van der Waals surface area contributed by atoms with Gasteiger partial charge in [-0.15, -0.1) is 10.2 Å². The van der Waals surface area contributed by atoms with Crippen molar-refractivity contribution in [2.45, 2.75) is 37.1 Å². The van der Waals surface area contributed by atoms with Crippen molar-refractivity contribution < 1.29 is 17.9 Å². The van der Waals surface area contributed by atoms with Crippen LogP contribution in [0, 0.1) is 0 Å². The summed E-state index contributed by atoms with van der Waals surface area (Å²) in [5.74, 6) is 2.58. The van der Waals surface area contributed by atoms with Gasteiger partial charge in [-0.3, -0.25) is 0 Å². The van der Waals surface area contributed by atoms with Crippen molar-refractivity contribution in [3.8, 4) is 11.5 Å². The first-order valence-corrected chi connectivity index (χ1v) is 12.5. The normalized spacial score (nSPS) is 20.3. The maximum absolute atomic E-state index is 13.1. The van der Waals surface area contributed by atoms with Crippen LogP contribution in [0.25, 0.3) is 0 Å². The molecule has 3 heterocycles. The van der Waals surface area contributed by atoms with E-state index in [1.165, 1.54) is 43.9 Å². The Balaban J connectivity index is 1.41. The third-order valence-corrected chi connectivity index (χ3v) is 8.18. The summed E-state index contributed by atoms with van der Waals surface area (Å²) in [5, 5.41) is 8.89. The van der Waals surface area contributed by atoms with Gasteiger partial charge in [0.2, 0.25) is 10.0 Å². The van der Waals surface area contributed by atoms with Crippen LogP contribution >= 0.6 is 0 Å². The van der Waals surface area contributed by atoms with E-state index < -0.39 is 10.0 Å². The largest absolute Gasteiger partial charge is 0.493 e. The van der Waals surface area contributed by atoms with Gasteiger partial charge < -0.3 is 19.3 Å². The fraction of sp³-hybridized carbons (Fsp3) is 0.545. The Bertz CT molecular complexity index is 1020. The number of anilines is 2. The monoisotopic (exact) mass is 461 g/mol. The summed E-state index contributed by atoms with van der Waals surface area (Å²) in [6, 6.07) is 9.16. The lowest BCUT2D eigenvalue weighted by Gasteiger charge is -2.35. The molecule has 0 unspecified atom stereocenters. The second-order valence-corrected chi connectivity index (χ2v) is 10.1. The summed E-state index contributed by atoms with van der Waals surface area (Å²) >= 11 is 0. The van der Waals surface area contributed by atoms with E-state index >= 15 is 0 Å². The highest BCUT2D eigenvalue weighted by atomic mass is 32.2. The summed E-state index contributed by atoms with van der Waals surface area (Å²) in [5.41, 5.74) is 0. The highest BCUT2D eigenvalue weighted by Crippen LogP contribution is 2.31. The lowest BCUT2D eigenvalue weighted by molar-refractivity contribution is 0.353. The van der Waals surface area contributed by atoms with E-state index in [0.717, 1.165) is 18.2 Å². The van der Waals surface area contributed by atoms with Crippen LogP contribution in [0.3, 0.4) is 0 Å². The molecule has 2 fully saturated rings. The van der Waals surface area contributed by atoms with Crippen molar-refractivity contribution in [2.75, 3.05) is 56.7 Å². The molecule has 0 bridgehead atoms. The number of sulfonamides is 1. The minimum absolute atomic E-state index is 0.198. The molecule has 1 atom stereocenters. The van der Waals surface area contributed by atoms with Crippen LogP contribution in [0.5, 0.6) is 11.5 Å². The molecule has 0 amide bonds. The molecular formula is C22H31N5O4S. The van der Waals surface area contributed by atoms with Crippen LogP contribution in [0.2, 0.25) is 0 Å². The predicted octanol–water partition coefficient (Wildman–Crippen LogP) is 2.38. The number of methoxy groups -OCH3 is 2. The van der Waals surface area contributed by atoms with Crippen LogP contribution in [-0.2, 0) is 10.0 Å². The summed E-state index contributed by atoms with van der Waals surface area (Å²) in [7, 11) is -0.611. The van der Waals surface area contributed by atoms with Crippen molar-refractivity contribution in [2.24, 2.45) is 0 Å². The van der Waals surface area contributed by atoms with Crippen LogP contribution in [0.15, 0.2) is 35.2 Å². The maximum atomic E-state index is 13.1. The molecule has 9 nitrogen and oxygen atoms in total. The summed E-state index contributed by atoms with van der Waals surface area (Å²) in [6.07, 6.45) is 3.63. The average Bonchev–Trinajstić information content (AvgIpc) is 2.84. The molecule has 2 saturated heterocycles. The smallest absolute Gasteiger partial charge is 0.243 e. The highest BCUT2D eigenvalue weighted by Gasteiger charge is 2.30. The number of nitrogens with zero attached hydrogens (tertiary/aromatic N) is 5. The van der Waals surface area contributed by atoms with Gasteiger partial charge in [-0.1, -0.05) is 0 Å². The zero-order valence-corrected chi connectivity index (χ0v) is 19.7. The van der Waals surface area contributed by atoms with Gasteiger partial charge in [0.15, 0.2) is 23.1 Å². The van der Waals surface area contributed by atoms with Gasteiger partial charge in [-0.25, -0.2) is 8.42 Å². The number of piperazine rings is 1. The molecule has 174 valence electrons. The van der Waals surface area contributed by atoms with Crippen molar-refractivity contribution in [3.63, 3.8) is 0 Å². The highest BCUT2D eigenvalue weighted by molar-refractivity contribution is 7.89. The molecule has 0 N–H and O–H groups in total. The number of hydrogen-bond donors (Lipinski definition) is 0. The van der Waals surface area contributed by atoms with Crippen molar-refractivity contribution in [1.82, 2.24) is 14.5 Å². The number of piperidine rings is 1. The van der Waals surface area contributed by atoms with Crippen molar-refractivity contribution in [1.29, 1.82) is 0 Å². The van der Waals surface area contributed by atoms with Crippen LogP contribution < -0.4 is 19.3 Å². The van der Waals surface area contributed by atoms with E-state index in [1.807, 2.05) is 12.1 Å². The fourth-order valence-electron chi connectivity index (χ4n) is 4.36. The van der Waals surface area contributed by atoms with Gasteiger partial charge in [-0.05, 0) is 50.5 Å². The second-order valence-electron chi connectivity index (χ2n) is 8.20. The quantitative estimate of drug-likeness (QED) is 0.648. The SMILES string of the molecule is COc1ccc(S(=O)(=O)N2CCN(c3ccc(N4CCCC[C@@H]4C)nn3)CC2)cc1OC. The van der Waals surface area contributed by atoms with Gasteiger partial charge in [0.05, 0.1) is 19.1 Å². The number of rotatable bonds is 6. The van der Waals surface area contributed by atoms with Gasteiger partial charge >= 0.3 is 0 Å². The number of ether oxygens (including phenoxy) is 2. The second kappa shape index (κ2) is 9.50. The Hall–Kier alpha value is -2.59. The Morgan fingerprint density at radius 1 is 0.875 bits per heavy atom. The third-order valence-electron chi connectivity index (χ3n) is 6.29. The molecule has 0 saturated carbocycles. The molecule has 32 heavy (non-hydrogen) atoms. The predicted molar refractivity (Wildman–Crippen MR) is 123 cm³/mol. The van der Waals surface area contributed by atoms with E-state index in [-0.39, 0.29) is 4.90 Å². The van der Waals surface area contributed by atoms with Crippen LogP contribution in [0.4, 0.5) is 11.6 Å². The molecule has 0 radical (unpaired) electrons. The third kappa shape index (κ3) is 4.47. The summed E-state index contributed by atoms with van der Waals surface area (Å²) in [4.78, 5) is 4.59. The first-order valence-electron chi connectivity index (χ1n) is 11.0. The molecular weight excluding hydrogens is 430 g/mol. The van der Waals surface area contributed by atoms with Gasteiger partial charge in [-0.2, -0.15) is 4.31 Å². The summed E-state index contributed by atoms with van der Waals surface area (Å²) in [6.45, 7) is 5.11. The lowest BCUT2D eigenvalue weighted by atomic mass is 10.0. The van der Waals surface area contributed by atoms with E-state index in [2.05, 4.69) is 26.9 Å². The molecule has 0 spiro atoms. The number of benzene rings is 1. The molecule has 2 aliphatic heterocycles. The lowest BCUT2D eigenvalue weighted by Crippen LogP contribution is -2.49. The van der Waals surface area contributed by atoms with E-state index in [1.54, 1.807) is 12.1 Å². The van der Waals surface area contributed by atoms with Crippen molar-refractivity contribution in [3.05, 3.63) is 30.3 Å². The van der Waals surface area contributed by atoms with Gasteiger partial charge in [0.1, 0.15) is 0 Å². The Labute approximate surface area is 190 Å². The molecule has 4 rings (SSSR count). The zero-order chi connectivity index (χ0) is 22.7. The summed E-state index contributed by atoms with van der Waals surface area (Å²) < 4.78 is 38.2. The Morgan fingerprint density at radius 2 is 1.56 bits per heavy atom. The Morgan fingerprint density at radius 3 is 2.19 bits per heavy atom. The molecule has 10 heteroatoms. The van der Waals surface area contributed by atoms with E-state index in [4.69, 9.17) is 9.47 Å². The van der Waals surface area contributed by atoms with Gasteiger partial charge in [0, 0.05) is 44.8 Å². The first-order chi connectivity index (χ1) is 15.4. The molecule has 1 aromatic heterocycles.